The van der Waals surface area contributed by atoms with Gasteiger partial charge in [0.2, 0.25) is 0 Å². The van der Waals surface area contributed by atoms with E-state index < -0.39 is 0 Å². The Balaban J connectivity index is 2.15. The van der Waals surface area contributed by atoms with Gasteiger partial charge in [-0.2, -0.15) is 5.10 Å². The minimum absolute atomic E-state index is 0.0330. The number of hydrogen-bond donors (Lipinski definition) is 1. The number of likely N-dealkylation sites (tertiary alicyclic amines) is 1. The second-order valence-electron chi connectivity index (χ2n) is 5.88. The highest BCUT2D eigenvalue weighted by molar-refractivity contribution is 5.92. The molecule has 1 aromatic rings. The molecule has 2 rings (SSSR count). The van der Waals surface area contributed by atoms with Crippen LogP contribution in [-0.2, 0) is 6.54 Å². The van der Waals surface area contributed by atoms with Crippen LogP contribution in [0.3, 0.4) is 0 Å². The Hall–Kier alpha value is -1.36. The van der Waals surface area contributed by atoms with E-state index in [-0.39, 0.29) is 11.3 Å². The summed E-state index contributed by atoms with van der Waals surface area (Å²) < 4.78 is 1.80. The highest BCUT2D eigenvalue weighted by atomic mass is 16.2. The van der Waals surface area contributed by atoms with Gasteiger partial charge < -0.3 is 10.6 Å². The number of aryl methyl sites for hydroxylation is 1. The zero-order chi connectivity index (χ0) is 14.0. The number of rotatable bonds is 4. The van der Waals surface area contributed by atoms with Crippen LogP contribution < -0.4 is 5.73 Å². The van der Waals surface area contributed by atoms with E-state index in [0.29, 0.717) is 18.2 Å². The predicted molar refractivity (Wildman–Crippen MR) is 74.7 cm³/mol. The van der Waals surface area contributed by atoms with Crippen LogP contribution in [0.5, 0.6) is 0 Å². The molecular formula is C14H24N4O. The van der Waals surface area contributed by atoms with Gasteiger partial charge >= 0.3 is 0 Å². The molecule has 19 heavy (non-hydrogen) atoms. The van der Waals surface area contributed by atoms with E-state index in [1.807, 2.05) is 4.90 Å². The van der Waals surface area contributed by atoms with E-state index >= 15 is 0 Å². The Kier molecular flexibility index (Phi) is 3.94. The van der Waals surface area contributed by atoms with Crippen molar-refractivity contribution in [3.8, 4) is 0 Å². The molecule has 106 valence electrons. The highest BCUT2D eigenvalue weighted by Gasteiger charge is 2.41. The van der Waals surface area contributed by atoms with Crippen molar-refractivity contribution in [1.82, 2.24) is 14.7 Å². The number of carbonyl (C=O) groups is 1. The lowest BCUT2D eigenvalue weighted by Crippen LogP contribution is -2.36. The maximum absolute atomic E-state index is 12.6. The first-order valence-electron chi connectivity index (χ1n) is 7.03. The standard InChI is InChI=1S/C14H24N4O/c1-4-7-18-12(5-6-16-18)13(19)17-8-11(2)14(3,9-15)10-17/h5-6,11H,4,7-10,15H2,1-3H3/t11-,14-/m1/s1. The largest absolute Gasteiger partial charge is 0.336 e. The lowest BCUT2D eigenvalue weighted by molar-refractivity contribution is 0.0763. The van der Waals surface area contributed by atoms with E-state index in [2.05, 4.69) is 25.9 Å². The van der Waals surface area contributed by atoms with E-state index in [1.165, 1.54) is 0 Å². The van der Waals surface area contributed by atoms with Crippen molar-refractivity contribution in [2.45, 2.75) is 33.7 Å². The summed E-state index contributed by atoms with van der Waals surface area (Å²) in [6.45, 7) is 9.33. The van der Waals surface area contributed by atoms with Crippen LogP contribution in [0.4, 0.5) is 0 Å². The van der Waals surface area contributed by atoms with Crippen molar-refractivity contribution < 1.29 is 4.79 Å². The SMILES string of the molecule is CCCn1nccc1C(=O)N1C[C@@H](C)[C@](C)(CN)C1. The molecule has 1 aromatic heterocycles. The van der Waals surface area contributed by atoms with Crippen LogP contribution in [0.1, 0.15) is 37.7 Å². The fraction of sp³-hybridized carbons (Fsp3) is 0.714. The maximum Gasteiger partial charge on any atom is 0.272 e. The van der Waals surface area contributed by atoms with Crippen LogP contribution >= 0.6 is 0 Å². The molecule has 0 bridgehead atoms. The molecule has 1 aliphatic rings. The van der Waals surface area contributed by atoms with Crippen molar-refractivity contribution in [3.63, 3.8) is 0 Å². The molecule has 0 aromatic carbocycles. The number of amides is 1. The van der Waals surface area contributed by atoms with Crippen LogP contribution in [0.15, 0.2) is 12.3 Å². The molecule has 1 aliphatic heterocycles. The number of carbonyl (C=O) groups excluding carboxylic acids is 1. The number of hydrogen-bond acceptors (Lipinski definition) is 3. The lowest BCUT2D eigenvalue weighted by Gasteiger charge is -2.25. The third kappa shape index (κ3) is 2.52. The third-order valence-corrected chi connectivity index (χ3v) is 4.36. The normalized spacial score (nSPS) is 26.9. The first-order chi connectivity index (χ1) is 9.01. The van der Waals surface area contributed by atoms with E-state index in [1.54, 1.807) is 16.9 Å². The van der Waals surface area contributed by atoms with Gasteiger partial charge in [-0.15, -0.1) is 0 Å². The molecule has 1 amide bonds. The summed E-state index contributed by atoms with van der Waals surface area (Å²) in [5, 5.41) is 4.22. The summed E-state index contributed by atoms with van der Waals surface area (Å²) in [7, 11) is 0. The average molecular weight is 264 g/mol. The number of nitrogens with zero attached hydrogens (tertiary/aromatic N) is 3. The van der Waals surface area contributed by atoms with Crippen molar-refractivity contribution in [1.29, 1.82) is 0 Å². The lowest BCUT2D eigenvalue weighted by atomic mass is 9.81. The Morgan fingerprint density at radius 3 is 2.95 bits per heavy atom. The molecule has 1 saturated heterocycles. The highest BCUT2D eigenvalue weighted by Crippen LogP contribution is 2.34. The molecule has 0 unspecified atom stereocenters. The van der Waals surface area contributed by atoms with Crippen molar-refractivity contribution >= 4 is 5.91 Å². The van der Waals surface area contributed by atoms with Gasteiger partial charge in [-0.25, -0.2) is 0 Å². The summed E-state index contributed by atoms with van der Waals surface area (Å²) >= 11 is 0. The van der Waals surface area contributed by atoms with E-state index in [4.69, 9.17) is 5.73 Å². The first-order valence-corrected chi connectivity index (χ1v) is 7.03. The Morgan fingerprint density at radius 1 is 1.63 bits per heavy atom. The van der Waals surface area contributed by atoms with E-state index in [9.17, 15) is 4.79 Å². The van der Waals surface area contributed by atoms with Crippen molar-refractivity contribution in [2.24, 2.45) is 17.1 Å². The third-order valence-electron chi connectivity index (χ3n) is 4.36. The average Bonchev–Trinajstić information content (AvgIpc) is 2.96. The van der Waals surface area contributed by atoms with Crippen molar-refractivity contribution in [3.05, 3.63) is 18.0 Å². The Labute approximate surface area is 114 Å². The van der Waals surface area contributed by atoms with Gasteiger partial charge in [0.25, 0.3) is 5.91 Å². The summed E-state index contributed by atoms with van der Waals surface area (Å²) in [6, 6.07) is 1.81. The summed E-state index contributed by atoms with van der Waals surface area (Å²) in [6.07, 6.45) is 2.67. The molecule has 1 fully saturated rings. The second kappa shape index (κ2) is 5.33. The minimum Gasteiger partial charge on any atom is -0.336 e. The monoisotopic (exact) mass is 264 g/mol. The number of nitrogens with two attached hydrogens (primary N) is 1. The fourth-order valence-electron chi connectivity index (χ4n) is 2.69. The van der Waals surface area contributed by atoms with Crippen LogP contribution in [-0.4, -0.2) is 40.2 Å². The summed E-state index contributed by atoms with van der Waals surface area (Å²) in [5.74, 6) is 0.513. The van der Waals surface area contributed by atoms with Gasteiger partial charge in [-0.3, -0.25) is 9.48 Å². The van der Waals surface area contributed by atoms with Crippen molar-refractivity contribution in [2.75, 3.05) is 19.6 Å². The summed E-state index contributed by atoms with van der Waals surface area (Å²) in [4.78, 5) is 14.5. The molecule has 5 nitrogen and oxygen atoms in total. The van der Waals surface area contributed by atoms with Crippen LogP contribution in [0.2, 0.25) is 0 Å². The molecular weight excluding hydrogens is 240 g/mol. The van der Waals surface area contributed by atoms with Gasteiger partial charge in [0, 0.05) is 31.2 Å². The zero-order valence-corrected chi connectivity index (χ0v) is 12.1. The Morgan fingerprint density at radius 2 is 2.37 bits per heavy atom. The first kappa shape index (κ1) is 14.1. The maximum atomic E-state index is 12.6. The smallest absolute Gasteiger partial charge is 0.272 e. The quantitative estimate of drug-likeness (QED) is 0.893. The molecule has 0 radical (unpaired) electrons. The molecule has 2 atom stereocenters. The molecule has 2 N–H and O–H groups in total. The van der Waals surface area contributed by atoms with Gasteiger partial charge in [-0.1, -0.05) is 20.8 Å². The van der Waals surface area contributed by atoms with Crippen LogP contribution in [0.25, 0.3) is 0 Å². The number of aromatic nitrogens is 2. The molecule has 5 heteroatoms. The predicted octanol–water partition coefficient (Wildman–Crippen LogP) is 1.35. The molecule has 0 spiro atoms. The minimum atomic E-state index is 0.0330. The topological polar surface area (TPSA) is 64.2 Å². The van der Waals surface area contributed by atoms with Crippen LogP contribution in [0, 0.1) is 11.3 Å². The van der Waals surface area contributed by atoms with Gasteiger partial charge in [0.1, 0.15) is 5.69 Å². The van der Waals surface area contributed by atoms with Gasteiger partial charge in [-0.05, 0) is 24.9 Å². The van der Waals surface area contributed by atoms with Gasteiger partial charge in [0.15, 0.2) is 0 Å². The van der Waals surface area contributed by atoms with Gasteiger partial charge in [0.05, 0.1) is 0 Å². The molecule has 0 saturated carbocycles. The zero-order valence-electron chi connectivity index (χ0n) is 12.1. The Bertz CT molecular complexity index is 456. The fourth-order valence-corrected chi connectivity index (χ4v) is 2.69. The summed E-state index contributed by atoms with van der Waals surface area (Å²) in [5.41, 5.74) is 6.58. The van der Waals surface area contributed by atoms with E-state index in [0.717, 1.165) is 26.1 Å². The second-order valence-corrected chi connectivity index (χ2v) is 5.88. The molecule has 2 heterocycles. The molecule has 0 aliphatic carbocycles.